The summed E-state index contributed by atoms with van der Waals surface area (Å²) in [4.78, 5) is 23.5. The van der Waals surface area contributed by atoms with E-state index in [0.29, 0.717) is 32.5 Å². The number of ether oxygens (including phenoxy) is 1. The van der Waals surface area contributed by atoms with Gasteiger partial charge in [-0.15, -0.1) is 0 Å². The number of carbonyl (C=O) groups excluding carboxylic acids is 1. The molecule has 0 radical (unpaired) electrons. The van der Waals surface area contributed by atoms with Crippen molar-refractivity contribution in [2.75, 3.05) is 20.2 Å². The minimum Gasteiger partial charge on any atom is -0.377 e. The number of methoxy groups -OCH3 is 1. The Morgan fingerprint density at radius 3 is 2.68 bits per heavy atom. The molecule has 4 rings (SSSR count). The van der Waals surface area contributed by atoms with Crippen LogP contribution in [0.25, 0.3) is 11.2 Å². The maximum Gasteiger partial charge on any atom is 0.416 e. The van der Waals surface area contributed by atoms with Crippen LogP contribution in [-0.2, 0) is 17.5 Å². The molecule has 6 nitrogen and oxygen atoms in total. The largest absolute Gasteiger partial charge is 0.416 e. The molecule has 2 aromatic heterocycles. The van der Waals surface area contributed by atoms with E-state index >= 15 is 0 Å². The van der Waals surface area contributed by atoms with E-state index in [1.54, 1.807) is 18.2 Å². The van der Waals surface area contributed by atoms with Gasteiger partial charge in [0, 0.05) is 32.4 Å². The Labute approximate surface area is 181 Å². The molecule has 10 heteroatoms. The maximum absolute atomic E-state index is 13.0. The first kappa shape index (κ1) is 21.6. The van der Waals surface area contributed by atoms with Crippen LogP contribution in [0.3, 0.4) is 0 Å². The average Bonchev–Trinajstić information content (AvgIpc) is 3.11. The smallest absolute Gasteiger partial charge is 0.377 e. The highest BCUT2D eigenvalue weighted by molar-refractivity contribution is 6.33. The van der Waals surface area contributed by atoms with Gasteiger partial charge in [0.15, 0.2) is 5.65 Å². The van der Waals surface area contributed by atoms with Crippen LogP contribution >= 0.6 is 11.6 Å². The Kier molecular flexibility index (Phi) is 5.90. The third-order valence-corrected chi connectivity index (χ3v) is 5.77. The minimum atomic E-state index is -4.54. The van der Waals surface area contributed by atoms with Crippen LogP contribution in [0.5, 0.6) is 0 Å². The van der Waals surface area contributed by atoms with Crippen molar-refractivity contribution in [2.45, 2.75) is 31.7 Å². The summed E-state index contributed by atoms with van der Waals surface area (Å²) in [5.74, 6) is 0.252. The highest BCUT2D eigenvalue weighted by Crippen LogP contribution is 2.33. The third-order valence-electron chi connectivity index (χ3n) is 5.44. The van der Waals surface area contributed by atoms with Gasteiger partial charge in [0.05, 0.1) is 16.1 Å². The van der Waals surface area contributed by atoms with Crippen molar-refractivity contribution in [3.63, 3.8) is 0 Å². The van der Waals surface area contributed by atoms with Gasteiger partial charge in [0.2, 0.25) is 0 Å². The number of hydrogen-bond donors (Lipinski definition) is 0. The van der Waals surface area contributed by atoms with Crippen molar-refractivity contribution >= 4 is 28.7 Å². The van der Waals surface area contributed by atoms with E-state index in [-0.39, 0.29) is 16.6 Å². The van der Waals surface area contributed by atoms with E-state index in [1.165, 1.54) is 0 Å². The summed E-state index contributed by atoms with van der Waals surface area (Å²) in [6.45, 7) is 1.10. The average molecular weight is 453 g/mol. The summed E-state index contributed by atoms with van der Waals surface area (Å²) in [6.07, 6.45) is -1.62. The Balaban J connectivity index is 1.54. The van der Waals surface area contributed by atoms with Gasteiger partial charge in [-0.3, -0.25) is 4.79 Å². The summed E-state index contributed by atoms with van der Waals surface area (Å²) < 4.78 is 46.5. The van der Waals surface area contributed by atoms with Crippen LogP contribution < -0.4 is 0 Å². The number of rotatable bonds is 4. The summed E-state index contributed by atoms with van der Waals surface area (Å²) in [5, 5.41) is 0.00677. The predicted octanol–water partition coefficient (Wildman–Crippen LogP) is 4.73. The van der Waals surface area contributed by atoms with Gasteiger partial charge >= 0.3 is 6.18 Å². The minimum absolute atomic E-state index is 0.00677. The lowest BCUT2D eigenvalue weighted by atomic mass is 10.0. The summed E-state index contributed by atoms with van der Waals surface area (Å²) >= 11 is 6.04. The van der Waals surface area contributed by atoms with E-state index in [2.05, 4.69) is 9.97 Å². The number of halogens is 4. The molecular weight excluding hydrogens is 433 g/mol. The molecule has 1 aromatic carbocycles. The number of pyridine rings is 1. The number of imidazole rings is 1. The van der Waals surface area contributed by atoms with Crippen molar-refractivity contribution in [2.24, 2.45) is 0 Å². The van der Waals surface area contributed by atoms with Crippen LogP contribution in [0.4, 0.5) is 13.2 Å². The van der Waals surface area contributed by atoms with Crippen molar-refractivity contribution in [3.05, 3.63) is 58.5 Å². The van der Waals surface area contributed by atoms with Crippen molar-refractivity contribution in [1.82, 2.24) is 19.4 Å². The molecule has 3 heterocycles. The second-order valence-electron chi connectivity index (χ2n) is 7.39. The van der Waals surface area contributed by atoms with Crippen LogP contribution in [0.1, 0.15) is 40.6 Å². The van der Waals surface area contributed by atoms with Gasteiger partial charge in [-0.25, -0.2) is 9.97 Å². The molecule has 1 aliphatic rings. The number of aromatic nitrogens is 3. The fourth-order valence-electron chi connectivity index (χ4n) is 3.95. The van der Waals surface area contributed by atoms with Crippen molar-refractivity contribution in [1.29, 1.82) is 0 Å². The third kappa shape index (κ3) is 4.24. The number of carbonyl (C=O) groups is 1. The maximum atomic E-state index is 13.0. The van der Waals surface area contributed by atoms with Crippen LogP contribution in [-0.4, -0.2) is 45.5 Å². The molecule has 1 saturated heterocycles. The van der Waals surface area contributed by atoms with Gasteiger partial charge in [0.1, 0.15) is 17.9 Å². The van der Waals surface area contributed by atoms with E-state index in [1.807, 2.05) is 16.7 Å². The highest BCUT2D eigenvalue weighted by atomic mass is 35.5. The lowest BCUT2D eigenvalue weighted by molar-refractivity contribution is -0.137. The van der Waals surface area contributed by atoms with E-state index in [0.717, 1.165) is 35.2 Å². The number of alkyl halides is 3. The number of fused-ring (bicyclic) bond motifs is 1. The van der Waals surface area contributed by atoms with E-state index < -0.39 is 17.6 Å². The molecular formula is C21H20ClF3N4O2. The molecule has 31 heavy (non-hydrogen) atoms. The molecule has 0 atom stereocenters. The van der Waals surface area contributed by atoms with Gasteiger partial charge in [0.25, 0.3) is 5.91 Å². The quantitative estimate of drug-likeness (QED) is 0.574. The number of benzene rings is 1. The Hall–Kier alpha value is -2.65. The Morgan fingerprint density at radius 2 is 2.00 bits per heavy atom. The molecule has 3 aromatic rings. The fourth-order valence-corrected chi connectivity index (χ4v) is 4.15. The topological polar surface area (TPSA) is 60.3 Å². The number of piperidine rings is 1. The molecule has 0 aliphatic carbocycles. The zero-order valence-corrected chi connectivity index (χ0v) is 17.5. The van der Waals surface area contributed by atoms with Gasteiger partial charge in [-0.2, -0.15) is 13.2 Å². The zero-order chi connectivity index (χ0) is 22.2. The van der Waals surface area contributed by atoms with Gasteiger partial charge < -0.3 is 14.2 Å². The molecule has 0 N–H and O–H groups in total. The number of amides is 1. The van der Waals surface area contributed by atoms with Crippen molar-refractivity contribution in [3.8, 4) is 0 Å². The van der Waals surface area contributed by atoms with E-state index in [9.17, 15) is 18.0 Å². The molecule has 0 unspecified atom stereocenters. The first-order valence-electron chi connectivity index (χ1n) is 9.76. The van der Waals surface area contributed by atoms with Crippen LogP contribution in [0.2, 0.25) is 5.02 Å². The van der Waals surface area contributed by atoms with Crippen LogP contribution in [0.15, 0.2) is 36.5 Å². The lowest BCUT2D eigenvalue weighted by Crippen LogP contribution is -2.39. The van der Waals surface area contributed by atoms with Crippen molar-refractivity contribution < 1.29 is 22.7 Å². The molecule has 0 bridgehead atoms. The molecule has 1 amide bonds. The van der Waals surface area contributed by atoms with Gasteiger partial charge in [-0.05, 0) is 43.2 Å². The monoisotopic (exact) mass is 452 g/mol. The molecule has 1 fully saturated rings. The van der Waals surface area contributed by atoms with Gasteiger partial charge in [-0.1, -0.05) is 11.6 Å². The highest BCUT2D eigenvalue weighted by Gasteiger charge is 2.33. The lowest BCUT2D eigenvalue weighted by Gasteiger charge is -2.33. The molecule has 0 spiro atoms. The Bertz CT molecular complexity index is 1110. The zero-order valence-electron chi connectivity index (χ0n) is 16.7. The second kappa shape index (κ2) is 8.47. The summed E-state index contributed by atoms with van der Waals surface area (Å²) in [5.41, 5.74) is 0.490. The van der Waals surface area contributed by atoms with E-state index in [4.69, 9.17) is 16.3 Å². The predicted molar refractivity (Wildman–Crippen MR) is 109 cm³/mol. The standard InChI is InChI=1S/C21H20ClF3N4O2/c1-31-12-18-27-17-3-2-8-26-19(17)29(18)14-6-9-28(10-7-14)20(30)15-11-13(21(23,24)25)4-5-16(15)22/h2-5,8,11,14H,6-7,9-10,12H2,1H3. The second-order valence-corrected chi connectivity index (χ2v) is 7.80. The summed E-state index contributed by atoms with van der Waals surface area (Å²) in [7, 11) is 1.59. The molecule has 0 saturated carbocycles. The number of hydrogen-bond acceptors (Lipinski definition) is 4. The first-order valence-corrected chi connectivity index (χ1v) is 10.1. The first-order chi connectivity index (χ1) is 14.8. The fraction of sp³-hybridized carbons (Fsp3) is 0.381. The SMILES string of the molecule is COCc1nc2cccnc2n1C1CCN(C(=O)c2cc(C(F)(F)F)ccc2Cl)CC1. The molecule has 164 valence electrons. The number of nitrogens with zero attached hydrogens (tertiary/aromatic N) is 4. The Morgan fingerprint density at radius 1 is 1.26 bits per heavy atom. The molecule has 1 aliphatic heterocycles. The number of likely N-dealkylation sites (tertiary alicyclic amines) is 1. The normalized spacial score (nSPS) is 15.6. The van der Waals surface area contributed by atoms with Crippen LogP contribution in [0, 0.1) is 0 Å². The summed E-state index contributed by atoms with van der Waals surface area (Å²) in [6, 6.07) is 6.56.